The van der Waals surface area contributed by atoms with Gasteiger partial charge in [-0.15, -0.1) is 0 Å². The van der Waals surface area contributed by atoms with Gasteiger partial charge >= 0.3 is 0 Å². The number of aliphatic hydroxyl groups excluding tert-OH is 1. The molecule has 0 unspecified atom stereocenters. The van der Waals surface area contributed by atoms with Gasteiger partial charge in [0.15, 0.2) is 0 Å². The Morgan fingerprint density at radius 2 is 2.36 bits per heavy atom. The van der Waals surface area contributed by atoms with Gasteiger partial charge in [-0.1, -0.05) is 0 Å². The summed E-state index contributed by atoms with van der Waals surface area (Å²) >= 11 is 0. The zero-order chi connectivity index (χ0) is 10.6. The van der Waals surface area contributed by atoms with Crippen LogP contribution in [-0.2, 0) is 13.6 Å². The van der Waals surface area contributed by atoms with Gasteiger partial charge in [-0.05, 0) is 6.07 Å². The molecule has 0 aliphatic heterocycles. The summed E-state index contributed by atoms with van der Waals surface area (Å²) in [5.41, 5.74) is 0.818. The van der Waals surface area contributed by atoms with Gasteiger partial charge in [-0.3, -0.25) is 4.68 Å². The Morgan fingerprint density at radius 1 is 1.64 bits per heavy atom. The molecule has 1 aromatic rings. The van der Waals surface area contributed by atoms with Crippen molar-refractivity contribution in [1.82, 2.24) is 15.1 Å². The van der Waals surface area contributed by atoms with Crippen LogP contribution in [0.4, 0.5) is 8.78 Å². The van der Waals surface area contributed by atoms with Crippen LogP contribution in [0.2, 0.25) is 0 Å². The van der Waals surface area contributed by atoms with Crippen molar-refractivity contribution < 1.29 is 13.9 Å². The van der Waals surface area contributed by atoms with Gasteiger partial charge in [0.05, 0.1) is 12.2 Å². The molecule has 0 atom stereocenters. The predicted octanol–water partition coefficient (Wildman–Crippen LogP) is 0.137. The van der Waals surface area contributed by atoms with Crippen molar-refractivity contribution >= 4 is 0 Å². The Labute approximate surface area is 80.5 Å². The summed E-state index contributed by atoms with van der Waals surface area (Å²) in [6.45, 7) is -1.36. The fraction of sp³-hybridized carbons (Fsp3) is 0.625. The predicted molar refractivity (Wildman–Crippen MR) is 46.9 cm³/mol. The molecule has 0 radical (unpaired) electrons. The summed E-state index contributed by atoms with van der Waals surface area (Å²) in [6.07, 6.45) is 1.60. The molecular formula is C8H13F2N3O. The first-order valence-corrected chi connectivity index (χ1v) is 4.21. The zero-order valence-corrected chi connectivity index (χ0v) is 7.87. The van der Waals surface area contributed by atoms with E-state index in [9.17, 15) is 8.78 Å². The lowest BCUT2D eigenvalue weighted by Gasteiger charge is -2.13. The third-order valence-electron chi connectivity index (χ3n) is 1.84. The third-order valence-corrected chi connectivity index (χ3v) is 1.84. The summed E-state index contributed by atoms with van der Waals surface area (Å²) in [5.74, 6) is -3.06. The first-order valence-electron chi connectivity index (χ1n) is 4.21. The minimum atomic E-state index is -3.06. The van der Waals surface area contributed by atoms with Crippen LogP contribution in [0.25, 0.3) is 0 Å². The van der Waals surface area contributed by atoms with E-state index in [0.29, 0.717) is 6.54 Å². The monoisotopic (exact) mass is 205 g/mol. The molecule has 1 aromatic heterocycles. The highest BCUT2D eigenvalue weighted by Gasteiger charge is 2.26. The van der Waals surface area contributed by atoms with Gasteiger partial charge in [-0.25, -0.2) is 8.78 Å². The van der Waals surface area contributed by atoms with Crippen LogP contribution in [0.1, 0.15) is 5.69 Å². The van der Waals surface area contributed by atoms with Crippen LogP contribution in [0.3, 0.4) is 0 Å². The summed E-state index contributed by atoms with van der Waals surface area (Å²) < 4.78 is 26.7. The Bertz CT molecular complexity index is 288. The highest BCUT2D eigenvalue weighted by Crippen LogP contribution is 2.10. The van der Waals surface area contributed by atoms with E-state index in [0.717, 1.165) is 5.69 Å². The second kappa shape index (κ2) is 4.47. The number of halogens is 2. The van der Waals surface area contributed by atoms with E-state index < -0.39 is 19.1 Å². The second-order valence-electron chi connectivity index (χ2n) is 3.06. The first-order chi connectivity index (χ1) is 6.55. The van der Waals surface area contributed by atoms with Gasteiger partial charge in [0.2, 0.25) is 0 Å². The van der Waals surface area contributed by atoms with Crippen LogP contribution in [0.15, 0.2) is 12.3 Å². The van der Waals surface area contributed by atoms with E-state index in [1.54, 1.807) is 24.0 Å². The molecular weight excluding hydrogens is 192 g/mol. The average molecular weight is 205 g/mol. The number of nitrogens with one attached hydrogen (secondary N) is 1. The standard InChI is InChI=1S/C8H13F2N3O/c1-13-7(2-3-12-13)4-11-5-8(9,10)6-14/h2-3,11,14H,4-6H2,1H3. The van der Waals surface area contributed by atoms with Gasteiger partial charge in [0.1, 0.15) is 6.61 Å². The molecule has 0 spiro atoms. The molecule has 0 aliphatic carbocycles. The summed E-state index contributed by atoms with van der Waals surface area (Å²) in [6, 6.07) is 1.74. The second-order valence-corrected chi connectivity index (χ2v) is 3.06. The van der Waals surface area contributed by atoms with Crippen molar-refractivity contribution in [3.8, 4) is 0 Å². The Kier molecular flexibility index (Phi) is 3.54. The van der Waals surface area contributed by atoms with E-state index in [1.165, 1.54) is 0 Å². The number of alkyl halides is 2. The molecule has 0 amide bonds. The van der Waals surface area contributed by atoms with Gasteiger partial charge < -0.3 is 10.4 Å². The number of aromatic nitrogens is 2. The lowest BCUT2D eigenvalue weighted by atomic mass is 10.3. The molecule has 2 N–H and O–H groups in total. The minimum Gasteiger partial charge on any atom is -0.390 e. The summed E-state index contributed by atoms with van der Waals surface area (Å²) in [5, 5.41) is 14.7. The van der Waals surface area contributed by atoms with Crippen molar-refractivity contribution in [2.75, 3.05) is 13.2 Å². The van der Waals surface area contributed by atoms with Gasteiger partial charge in [0, 0.05) is 19.8 Å². The average Bonchev–Trinajstić information content (AvgIpc) is 2.52. The largest absolute Gasteiger partial charge is 0.390 e. The van der Waals surface area contributed by atoms with Crippen LogP contribution in [0.5, 0.6) is 0 Å². The molecule has 80 valence electrons. The van der Waals surface area contributed by atoms with Crippen molar-refractivity contribution in [3.05, 3.63) is 18.0 Å². The van der Waals surface area contributed by atoms with E-state index >= 15 is 0 Å². The highest BCUT2D eigenvalue weighted by atomic mass is 19.3. The summed E-state index contributed by atoms with van der Waals surface area (Å²) in [7, 11) is 1.74. The lowest BCUT2D eigenvalue weighted by molar-refractivity contribution is -0.0478. The maximum Gasteiger partial charge on any atom is 0.282 e. The maximum absolute atomic E-state index is 12.5. The molecule has 0 bridgehead atoms. The Morgan fingerprint density at radius 3 is 2.86 bits per heavy atom. The topological polar surface area (TPSA) is 50.1 Å². The fourth-order valence-corrected chi connectivity index (χ4v) is 1.00. The van der Waals surface area contributed by atoms with Gasteiger partial charge in [-0.2, -0.15) is 5.10 Å². The van der Waals surface area contributed by atoms with Crippen molar-refractivity contribution in [3.63, 3.8) is 0 Å². The Hall–Kier alpha value is -1.01. The number of aliphatic hydroxyl groups is 1. The molecule has 0 saturated carbocycles. The minimum absolute atomic E-state index is 0.312. The quantitative estimate of drug-likeness (QED) is 0.718. The highest BCUT2D eigenvalue weighted by molar-refractivity contribution is 4.99. The number of nitrogens with zero attached hydrogens (tertiary/aromatic N) is 2. The van der Waals surface area contributed by atoms with Crippen molar-refractivity contribution in [2.24, 2.45) is 7.05 Å². The molecule has 0 saturated heterocycles. The molecule has 4 nitrogen and oxygen atoms in total. The SMILES string of the molecule is Cn1nccc1CNCC(F)(F)CO. The summed E-state index contributed by atoms with van der Waals surface area (Å²) in [4.78, 5) is 0. The Balaban J connectivity index is 2.32. The first kappa shape index (κ1) is 11.1. The van der Waals surface area contributed by atoms with E-state index in [1.807, 2.05) is 0 Å². The number of aryl methyl sites for hydroxylation is 1. The molecule has 0 fully saturated rings. The van der Waals surface area contributed by atoms with Crippen molar-refractivity contribution in [1.29, 1.82) is 0 Å². The van der Waals surface area contributed by atoms with Crippen LogP contribution in [-0.4, -0.2) is 34.0 Å². The van der Waals surface area contributed by atoms with Gasteiger partial charge in [0.25, 0.3) is 5.92 Å². The van der Waals surface area contributed by atoms with Crippen LogP contribution in [0, 0.1) is 0 Å². The van der Waals surface area contributed by atoms with E-state index in [4.69, 9.17) is 5.11 Å². The molecule has 0 aromatic carbocycles. The third kappa shape index (κ3) is 3.04. The molecule has 1 heterocycles. The molecule has 6 heteroatoms. The number of rotatable bonds is 5. The van der Waals surface area contributed by atoms with Crippen LogP contribution >= 0.6 is 0 Å². The maximum atomic E-state index is 12.5. The van der Waals surface area contributed by atoms with Crippen LogP contribution < -0.4 is 5.32 Å². The number of hydrogen-bond acceptors (Lipinski definition) is 3. The molecule has 0 aliphatic rings. The number of hydrogen-bond donors (Lipinski definition) is 2. The fourth-order valence-electron chi connectivity index (χ4n) is 1.00. The molecule has 14 heavy (non-hydrogen) atoms. The molecule has 1 rings (SSSR count). The normalized spacial score (nSPS) is 12.0. The van der Waals surface area contributed by atoms with E-state index in [-0.39, 0.29) is 0 Å². The zero-order valence-electron chi connectivity index (χ0n) is 7.87. The lowest BCUT2D eigenvalue weighted by Crippen LogP contribution is -2.35. The smallest absolute Gasteiger partial charge is 0.282 e. The van der Waals surface area contributed by atoms with E-state index in [2.05, 4.69) is 10.4 Å². The van der Waals surface area contributed by atoms with Crippen molar-refractivity contribution in [2.45, 2.75) is 12.5 Å².